The van der Waals surface area contributed by atoms with Gasteiger partial charge in [-0.25, -0.2) is 0 Å². The Bertz CT molecular complexity index is 1300. The van der Waals surface area contributed by atoms with Gasteiger partial charge in [0.2, 0.25) is 0 Å². The molecule has 0 atom stereocenters. The van der Waals surface area contributed by atoms with Crippen LogP contribution in [0.25, 0.3) is 0 Å². The topological polar surface area (TPSA) is 112 Å². The van der Waals surface area contributed by atoms with E-state index in [4.69, 9.17) is 32.4 Å². The van der Waals surface area contributed by atoms with Gasteiger partial charge in [0.05, 0.1) is 11.5 Å². The van der Waals surface area contributed by atoms with Crippen LogP contribution in [0.15, 0.2) is 71.3 Å². The van der Waals surface area contributed by atoms with Crippen molar-refractivity contribution in [2.75, 3.05) is 5.32 Å². The molecule has 0 aliphatic rings. The molecular weight excluding hydrogens is 471 g/mol. The Hall–Kier alpha value is -3.82. The van der Waals surface area contributed by atoms with Crippen LogP contribution < -0.4 is 10.1 Å². The first-order valence-electron chi connectivity index (χ1n) is 9.62. The van der Waals surface area contributed by atoms with E-state index in [0.717, 1.165) is 5.56 Å². The second kappa shape index (κ2) is 9.76. The smallest absolute Gasteiger partial charge is 0.292 e. The molecule has 0 aliphatic carbocycles. The van der Waals surface area contributed by atoms with Gasteiger partial charge in [-0.15, -0.1) is 0 Å². The maximum Gasteiger partial charge on any atom is 0.292 e. The van der Waals surface area contributed by atoms with Gasteiger partial charge < -0.3 is 14.5 Å². The first-order chi connectivity index (χ1) is 15.9. The molecule has 11 heteroatoms. The van der Waals surface area contributed by atoms with Crippen molar-refractivity contribution in [1.29, 1.82) is 0 Å². The predicted molar refractivity (Wildman–Crippen MR) is 122 cm³/mol. The summed E-state index contributed by atoms with van der Waals surface area (Å²) in [6.45, 7) is 0.471. The van der Waals surface area contributed by atoms with Crippen molar-refractivity contribution >= 4 is 40.6 Å². The Morgan fingerprint density at radius 3 is 2.64 bits per heavy atom. The van der Waals surface area contributed by atoms with Crippen LogP contribution in [0.4, 0.5) is 11.5 Å². The fourth-order valence-corrected chi connectivity index (χ4v) is 3.38. The van der Waals surface area contributed by atoms with E-state index in [1.165, 1.54) is 30.3 Å². The third-order valence-electron chi connectivity index (χ3n) is 4.54. The number of nitrogens with one attached hydrogen (secondary N) is 1. The zero-order chi connectivity index (χ0) is 23.4. The minimum Gasteiger partial charge on any atom is -0.486 e. The van der Waals surface area contributed by atoms with Gasteiger partial charge in [0, 0.05) is 34.4 Å². The van der Waals surface area contributed by atoms with Crippen LogP contribution in [0.5, 0.6) is 5.75 Å². The molecule has 0 spiro atoms. The van der Waals surface area contributed by atoms with E-state index in [9.17, 15) is 14.9 Å². The quantitative estimate of drug-likeness (QED) is 0.257. The number of hydrogen-bond donors (Lipinski definition) is 1. The summed E-state index contributed by atoms with van der Waals surface area (Å²) in [4.78, 5) is 22.7. The number of anilines is 1. The summed E-state index contributed by atoms with van der Waals surface area (Å²) < 4.78 is 12.7. The third kappa shape index (κ3) is 5.71. The largest absolute Gasteiger partial charge is 0.486 e. The number of furan rings is 1. The van der Waals surface area contributed by atoms with E-state index in [0.29, 0.717) is 33.9 Å². The molecule has 1 N–H and O–H groups in total. The molecule has 4 aromatic rings. The molecular formula is C22H16Cl2N4O5. The van der Waals surface area contributed by atoms with Gasteiger partial charge in [0.1, 0.15) is 18.1 Å². The number of non-ortho nitro benzene ring substituents is 1. The molecule has 2 heterocycles. The number of amides is 1. The molecule has 1 amide bonds. The van der Waals surface area contributed by atoms with Gasteiger partial charge in [-0.2, -0.15) is 5.10 Å². The number of carbonyl (C=O) groups excluding carboxylic acids is 1. The number of halogens is 2. The maximum absolute atomic E-state index is 12.5. The lowest BCUT2D eigenvalue weighted by atomic mass is 10.2. The molecule has 0 bridgehead atoms. The maximum atomic E-state index is 12.5. The number of carbonyl (C=O) groups is 1. The standard InChI is InChI=1S/C22H16Cl2N4O5/c23-15-2-1-14(19(24)11-15)12-27-10-9-21(26-27)25-22(29)20-8-7-18(33-20)13-32-17-5-3-16(4-6-17)28(30)31/h1-11H,12-13H2,(H,25,26,29). The van der Waals surface area contributed by atoms with Crippen LogP contribution in [-0.4, -0.2) is 20.6 Å². The molecule has 9 nitrogen and oxygen atoms in total. The number of benzene rings is 2. The van der Waals surface area contributed by atoms with Gasteiger partial charge in [-0.1, -0.05) is 29.3 Å². The number of rotatable bonds is 8. The number of aromatic nitrogens is 2. The zero-order valence-corrected chi connectivity index (χ0v) is 18.4. The average molecular weight is 487 g/mol. The van der Waals surface area contributed by atoms with Crippen molar-refractivity contribution in [2.24, 2.45) is 0 Å². The lowest BCUT2D eigenvalue weighted by molar-refractivity contribution is -0.384. The van der Waals surface area contributed by atoms with E-state index in [2.05, 4.69) is 10.4 Å². The molecule has 0 fully saturated rings. The van der Waals surface area contributed by atoms with Crippen LogP contribution in [0.3, 0.4) is 0 Å². The number of nitro groups is 1. The van der Waals surface area contributed by atoms with Crippen molar-refractivity contribution in [2.45, 2.75) is 13.2 Å². The first-order valence-corrected chi connectivity index (χ1v) is 10.4. The number of nitro benzene ring substituents is 1. The van der Waals surface area contributed by atoms with E-state index < -0.39 is 10.8 Å². The van der Waals surface area contributed by atoms with Crippen molar-refractivity contribution in [1.82, 2.24) is 9.78 Å². The summed E-state index contributed by atoms with van der Waals surface area (Å²) in [6.07, 6.45) is 1.71. The predicted octanol–water partition coefficient (Wildman–Crippen LogP) is 5.57. The van der Waals surface area contributed by atoms with E-state index in [-0.39, 0.29) is 18.1 Å². The fourth-order valence-electron chi connectivity index (χ4n) is 2.91. The molecule has 0 saturated heterocycles. The van der Waals surface area contributed by atoms with Crippen molar-refractivity contribution in [3.63, 3.8) is 0 Å². The summed E-state index contributed by atoms with van der Waals surface area (Å²) in [5.41, 5.74) is 0.809. The average Bonchev–Trinajstić information content (AvgIpc) is 3.44. The van der Waals surface area contributed by atoms with Crippen molar-refractivity contribution in [3.8, 4) is 5.75 Å². The molecule has 2 aromatic heterocycles. The number of nitrogens with zero attached hydrogens (tertiary/aromatic N) is 3. The summed E-state index contributed by atoms with van der Waals surface area (Å²) >= 11 is 12.1. The molecule has 33 heavy (non-hydrogen) atoms. The van der Waals surface area contributed by atoms with Gasteiger partial charge in [-0.3, -0.25) is 19.6 Å². The summed E-state index contributed by atoms with van der Waals surface area (Å²) in [5.74, 6) is 0.833. The number of hydrogen-bond acceptors (Lipinski definition) is 6. The first kappa shape index (κ1) is 22.4. The monoisotopic (exact) mass is 486 g/mol. The summed E-state index contributed by atoms with van der Waals surface area (Å²) in [5, 5.41) is 18.8. The lowest BCUT2D eigenvalue weighted by Crippen LogP contribution is -2.12. The summed E-state index contributed by atoms with van der Waals surface area (Å²) in [6, 6.07) is 15.7. The van der Waals surface area contributed by atoms with E-state index in [1.54, 1.807) is 35.1 Å². The van der Waals surface area contributed by atoms with Crippen LogP contribution in [0, 0.1) is 10.1 Å². The minimum atomic E-state index is -0.489. The molecule has 0 saturated carbocycles. The highest BCUT2D eigenvalue weighted by molar-refractivity contribution is 6.35. The minimum absolute atomic E-state index is 0.0296. The van der Waals surface area contributed by atoms with Gasteiger partial charge in [0.25, 0.3) is 11.6 Å². The Morgan fingerprint density at radius 1 is 1.12 bits per heavy atom. The zero-order valence-electron chi connectivity index (χ0n) is 16.9. The van der Waals surface area contributed by atoms with E-state index in [1.807, 2.05) is 6.07 Å². The highest BCUT2D eigenvalue weighted by Crippen LogP contribution is 2.22. The van der Waals surface area contributed by atoms with Gasteiger partial charge >= 0.3 is 0 Å². The summed E-state index contributed by atoms with van der Waals surface area (Å²) in [7, 11) is 0. The van der Waals surface area contributed by atoms with Crippen molar-refractivity contribution in [3.05, 3.63) is 104 Å². The Labute approximate surface area is 197 Å². The SMILES string of the molecule is O=C(Nc1ccn(Cc2ccc(Cl)cc2Cl)n1)c1ccc(COc2ccc([N+](=O)[O-])cc2)o1. The van der Waals surface area contributed by atoms with Crippen LogP contribution in [-0.2, 0) is 13.2 Å². The normalized spacial score (nSPS) is 10.7. The highest BCUT2D eigenvalue weighted by atomic mass is 35.5. The second-order valence-corrected chi connectivity index (χ2v) is 7.74. The Kier molecular flexibility index (Phi) is 6.62. The molecule has 0 unspecified atom stereocenters. The van der Waals surface area contributed by atoms with Crippen LogP contribution in [0.1, 0.15) is 21.9 Å². The Balaban J connectivity index is 1.32. The molecule has 4 rings (SSSR count). The number of ether oxygens (including phenoxy) is 1. The second-order valence-electron chi connectivity index (χ2n) is 6.89. The van der Waals surface area contributed by atoms with Crippen LogP contribution >= 0.6 is 23.2 Å². The lowest BCUT2D eigenvalue weighted by Gasteiger charge is -2.05. The molecule has 0 radical (unpaired) electrons. The Morgan fingerprint density at radius 2 is 1.91 bits per heavy atom. The molecule has 168 valence electrons. The van der Waals surface area contributed by atoms with Gasteiger partial charge in [0.15, 0.2) is 11.6 Å². The van der Waals surface area contributed by atoms with Gasteiger partial charge in [-0.05, 0) is 42.0 Å². The fraction of sp³-hybridized carbons (Fsp3) is 0.0909. The molecule has 2 aromatic carbocycles. The highest BCUT2D eigenvalue weighted by Gasteiger charge is 2.14. The van der Waals surface area contributed by atoms with Crippen molar-refractivity contribution < 1.29 is 18.9 Å². The third-order valence-corrected chi connectivity index (χ3v) is 5.13. The van der Waals surface area contributed by atoms with E-state index >= 15 is 0 Å². The van der Waals surface area contributed by atoms with Crippen LogP contribution in [0.2, 0.25) is 10.0 Å². The molecule has 0 aliphatic heterocycles.